The predicted molar refractivity (Wildman–Crippen MR) is 121 cm³/mol. The Kier molecular flexibility index (Phi) is 5.85. The Morgan fingerprint density at radius 2 is 1.74 bits per heavy atom. The van der Waals surface area contributed by atoms with Crippen molar-refractivity contribution in [2.45, 2.75) is 25.3 Å². The van der Waals surface area contributed by atoms with E-state index >= 15 is 0 Å². The van der Waals surface area contributed by atoms with Gasteiger partial charge in [-0.3, -0.25) is 9.48 Å². The van der Waals surface area contributed by atoms with Gasteiger partial charge < -0.3 is 10.0 Å². The van der Waals surface area contributed by atoms with Crippen LogP contribution in [0, 0.1) is 12.0 Å². The minimum absolute atomic E-state index is 0.0405. The molecule has 0 bridgehead atoms. The van der Waals surface area contributed by atoms with Gasteiger partial charge in [0.1, 0.15) is 5.69 Å². The third-order valence-corrected chi connectivity index (χ3v) is 5.45. The number of amidine groups is 1. The Bertz CT molecular complexity index is 1170. The number of rotatable bonds is 3. The molecule has 0 aliphatic carbocycles. The predicted octanol–water partition coefficient (Wildman–Crippen LogP) is 3.39. The summed E-state index contributed by atoms with van der Waals surface area (Å²) in [5.41, 5.74) is 2.02. The maximum Gasteiger partial charge on any atom is 0.242 e. The van der Waals surface area contributed by atoms with Crippen molar-refractivity contribution in [3.05, 3.63) is 93.9 Å². The number of hydrogen-bond donors (Lipinski definition) is 1. The van der Waals surface area contributed by atoms with Crippen molar-refractivity contribution in [1.82, 2.24) is 14.7 Å². The molecule has 0 amide bonds. The highest BCUT2D eigenvalue weighted by Crippen LogP contribution is 2.39. The molecule has 4 rings (SSSR count). The van der Waals surface area contributed by atoms with Gasteiger partial charge in [0.05, 0.1) is 12.2 Å². The number of aromatic hydroxyl groups is 1. The van der Waals surface area contributed by atoms with Crippen LogP contribution >= 0.6 is 0 Å². The summed E-state index contributed by atoms with van der Waals surface area (Å²) in [7, 11) is 1.90. The van der Waals surface area contributed by atoms with Crippen LogP contribution in [0.25, 0.3) is 0 Å². The zero-order chi connectivity index (χ0) is 21.8. The Morgan fingerprint density at radius 1 is 1.13 bits per heavy atom. The van der Waals surface area contributed by atoms with E-state index in [0.717, 1.165) is 11.1 Å². The second-order valence-electron chi connectivity index (χ2n) is 7.48. The van der Waals surface area contributed by atoms with Crippen LogP contribution in [0.2, 0.25) is 0 Å². The lowest BCUT2D eigenvalue weighted by molar-refractivity contribution is 0.289. The van der Waals surface area contributed by atoms with Gasteiger partial charge in [-0.05, 0) is 11.1 Å². The minimum atomic E-state index is -0.535. The Labute approximate surface area is 181 Å². The summed E-state index contributed by atoms with van der Waals surface area (Å²) < 4.78 is 1.73. The van der Waals surface area contributed by atoms with Crippen molar-refractivity contribution in [3.8, 4) is 17.7 Å². The fourth-order valence-corrected chi connectivity index (χ4v) is 4.06. The second kappa shape index (κ2) is 8.88. The van der Waals surface area contributed by atoms with E-state index in [-0.39, 0.29) is 17.7 Å². The first-order valence-corrected chi connectivity index (χ1v) is 10.3. The van der Waals surface area contributed by atoms with Crippen LogP contribution in [0.5, 0.6) is 5.75 Å². The summed E-state index contributed by atoms with van der Waals surface area (Å²) in [5.74, 6) is 2.96. The monoisotopic (exact) mass is 412 g/mol. The van der Waals surface area contributed by atoms with Crippen LogP contribution < -0.4 is 5.43 Å². The molecule has 0 fully saturated rings. The van der Waals surface area contributed by atoms with Crippen LogP contribution in [0.1, 0.15) is 42.1 Å². The third kappa shape index (κ3) is 3.95. The quantitative estimate of drug-likeness (QED) is 0.670. The van der Waals surface area contributed by atoms with Gasteiger partial charge >= 0.3 is 0 Å². The first kappa shape index (κ1) is 20.4. The summed E-state index contributed by atoms with van der Waals surface area (Å²) in [5, 5.41) is 15.1. The standard InChI is InChI=1S/C25H24N4O2/c1-3-4-15-26-25-23-24(31)21(30)16-27-29(23)20(17-28(25)2)22(18-11-7-5-8-12-18)19-13-9-6-10-14-19/h5-14,16,20,22,31H,3,17H2,1-2H3. The highest BCUT2D eigenvalue weighted by atomic mass is 16.3. The van der Waals surface area contributed by atoms with Crippen molar-refractivity contribution in [3.63, 3.8) is 0 Å². The summed E-state index contributed by atoms with van der Waals surface area (Å²) in [6.07, 6.45) is 1.83. The van der Waals surface area contributed by atoms with Gasteiger partial charge in [0.15, 0.2) is 11.6 Å². The van der Waals surface area contributed by atoms with E-state index < -0.39 is 5.43 Å². The van der Waals surface area contributed by atoms with E-state index in [1.165, 1.54) is 6.20 Å². The first-order valence-electron chi connectivity index (χ1n) is 10.3. The molecule has 1 aliphatic heterocycles. The molecule has 3 aromatic rings. The highest BCUT2D eigenvalue weighted by molar-refractivity contribution is 6.00. The lowest BCUT2D eigenvalue weighted by Gasteiger charge is -2.39. The maximum atomic E-state index is 12.3. The largest absolute Gasteiger partial charge is 0.503 e. The van der Waals surface area contributed by atoms with Gasteiger partial charge in [-0.25, -0.2) is 0 Å². The summed E-state index contributed by atoms with van der Waals surface area (Å²) in [6, 6.07) is 23.0. The molecule has 0 saturated carbocycles. The molecule has 0 radical (unpaired) electrons. The molecule has 1 aliphatic rings. The van der Waals surface area contributed by atoms with Gasteiger partial charge in [0.2, 0.25) is 5.43 Å². The van der Waals surface area contributed by atoms with Crippen LogP contribution in [0.15, 0.2) is 76.6 Å². The molecule has 1 unspecified atom stereocenters. The molecule has 0 saturated heterocycles. The molecule has 1 aromatic heterocycles. The van der Waals surface area contributed by atoms with Crippen molar-refractivity contribution < 1.29 is 5.11 Å². The Balaban J connectivity index is 1.94. The van der Waals surface area contributed by atoms with E-state index in [2.05, 4.69) is 46.3 Å². The average Bonchev–Trinajstić information content (AvgIpc) is 2.80. The number of fused-ring (bicyclic) bond motifs is 1. The zero-order valence-electron chi connectivity index (χ0n) is 17.6. The molecular weight excluding hydrogens is 388 g/mol. The van der Waals surface area contributed by atoms with Crippen LogP contribution in [-0.4, -0.2) is 39.2 Å². The van der Waals surface area contributed by atoms with E-state index in [0.29, 0.717) is 24.5 Å². The summed E-state index contributed by atoms with van der Waals surface area (Å²) in [4.78, 5) is 18.5. The van der Waals surface area contributed by atoms with Crippen LogP contribution in [0.4, 0.5) is 0 Å². The van der Waals surface area contributed by atoms with E-state index in [1.807, 2.05) is 55.3 Å². The molecule has 2 aromatic carbocycles. The average molecular weight is 412 g/mol. The molecular formula is C25H24N4O2. The van der Waals surface area contributed by atoms with Gasteiger partial charge in [-0.2, -0.15) is 10.1 Å². The number of aliphatic imine (C=N–C) groups is 1. The third-order valence-electron chi connectivity index (χ3n) is 5.45. The Morgan fingerprint density at radius 3 is 2.32 bits per heavy atom. The summed E-state index contributed by atoms with van der Waals surface area (Å²) >= 11 is 0. The topological polar surface area (TPSA) is 70.7 Å². The molecule has 31 heavy (non-hydrogen) atoms. The Hall–Kier alpha value is -3.85. The van der Waals surface area contributed by atoms with E-state index in [1.54, 1.807) is 4.68 Å². The lowest BCUT2D eigenvalue weighted by atomic mass is 9.84. The zero-order valence-corrected chi connectivity index (χ0v) is 17.6. The van der Waals surface area contributed by atoms with E-state index in [9.17, 15) is 9.90 Å². The molecule has 6 nitrogen and oxygen atoms in total. The van der Waals surface area contributed by atoms with Gasteiger partial charge in [0.25, 0.3) is 0 Å². The summed E-state index contributed by atoms with van der Waals surface area (Å²) in [6.45, 7) is 2.53. The van der Waals surface area contributed by atoms with Crippen molar-refractivity contribution in [1.29, 1.82) is 0 Å². The van der Waals surface area contributed by atoms with Crippen molar-refractivity contribution >= 4 is 5.84 Å². The fraction of sp³-hybridized carbons (Fsp3) is 0.240. The molecule has 156 valence electrons. The van der Waals surface area contributed by atoms with E-state index in [4.69, 9.17) is 0 Å². The number of aromatic nitrogens is 2. The van der Waals surface area contributed by atoms with Gasteiger partial charge in [0, 0.05) is 32.0 Å². The second-order valence-corrected chi connectivity index (χ2v) is 7.48. The number of hydrogen-bond acceptors (Lipinski definition) is 4. The minimum Gasteiger partial charge on any atom is -0.503 e. The highest BCUT2D eigenvalue weighted by Gasteiger charge is 2.37. The smallest absolute Gasteiger partial charge is 0.242 e. The molecule has 0 spiro atoms. The molecule has 2 heterocycles. The van der Waals surface area contributed by atoms with Crippen molar-refractivity contribution in [2.75, 3.05) is 13.6 Å². The van der Waals surface area contributed by atoms with Gasteiger partial charge in [-0.1, -0.05) is 73.5 Å². The SMILES string of the molecule is CCC#CN=C1c2c(O)c(=O)cnn2C(C(c2ccccc2)c2ccccc2)CN1C. The van der Waals surface area contributed by atoms with Gasteiger partial charge in [-0.15, -0.1) is 0 Å². The molecule has 6 heteroatoms. The first-order chi connectivity index (χ1) is 15.1. The maximum absolute atomic E-state index is 12.3. The molecule has 1 N–H and O–H groups in total. The molecule has 1 atom stereocenters. The van der Waals surface area contributed by atoms with Crippen LogP contribution in [-0.2, 0) is 0 Å². The van der Waals surface area contributed by atoms with Crippen LogP contribution in [0.3, 0.4) is 0 Å². The number of likely N-dealkylation sites (N-methyl/N-ethyl adjacent to an activating group) is 1. The normalized spacial score (nSPS) is 16.7. The fourth-order valence-electron chi connectivity index (χ4n) is 4.06. The number of benzene rings is 2. The lowest BCUT2D eigenvalue weighted by Crippen LogP contribution is -2.45. The van der Waals surface area contributed by atoms with Crippen molar-refractivity contribution in [2.24, 2.45) is 4.99 Å². The number of nitrogens with zero attached hydrogens (tertiary/aromatic N) is 4.